The number of pyridine rings is 1. The zero-order valence-electron chi connectivity index (χ0n) is 10.3. The van der Waals surface area contributed by atoms with E-state index in [9.17, 15) is 18.0 Å². The van der Waals surface area contributed by atoms with Gasteiger partial charge in [0.05, 0.1) is 6.54 Å². The van der Waals surface area contributed by atoms with Crippen molar-refractivity contribution in [1.82, 2.24) is 20.0 Å². The predicted octanol–water partition coefficient (Wildman–Crippen LogP) is 0.961. The van der Waals surface area contributed by atoms with E-state index in [0.29, 0.717) is 4.68 Å². The quantitative estimate of drug-likeness (QED) is 0.872. The highest BCUT2D eigenvalue weighted by molar-refractivity contribution is 5.92. The number of rotatable bonds is 4. The van der Waals surface area contributed by atoms with Crippen LogP contribution in [0.15, 0.2) is 24.5 Å². The maximum absolute atomic E-state index is 12.4. The van der Waals surface area contributed by atoms with Crippen LogP contribution in [0.25, 0.3) is 11.3 Å². The summed E-state index contributed by atoms with van der Waals surface area (Å²) in [6.07, 6.45) is -4.84. The summed E-state index contributed by atoms with van der Waals surface area (Å²) in [5.74, 6) is -1.44. The summed E-state index contributed by atoms with van der Waals surface area (Å²) in [7, 11) is 0. The summed E-state index contributed by atoms with van der Waals surface area (Å²) in [6.45, 7) is -0.964. The summed E-state index contributed by atoms with van der Waals surface area (Å²) in [5.41, 5.74) is -0.439. The van der Waals surface area contributed by atoms with Gasteiger partial charge in [0.25, 0.3) is 0 Å². The number of aliphatic hydroxyl groups is 1. The Morgan fingerprint density at radius 1 is 1.43 bits per heavy atom. The van der Waals surface area contributed by atoms with Gasteiger partial charge in [-0.1, -0.05) is 5.21 Å². The number of halogens is 3. The second kappa shape index (κ2) is 5.48. The summed E-state index contributed by atoms with van der Waals surface area (Å²) < 4.78 is 37.9. The van der Waals surface area contributed by atoms with Gasteiger partial charge in [0, 0.05) is 18.0 Å². The highest BCUT2D eigenvalue weighted by Gasteiger charge is 2.39. The first kappa shape index (κ1) is 14.9. The van der Waals surface area contributed by atoms with E-state index in [4.69, 9.17) is 10.2 Å². The lowest BCUT2D eigenvalue weighted by molar-refractivity contribution is -0.207. The number of hydrogen-bond donors (Lipinski definition) is 2. The molecule has 7 nitrogen and oxygen atoms in total. The minimum Gasteiger partial charge on any atom is -0.476 e. The second-order valence-electron chi connectivity index (χ2n) is 4.07. The predicted molar refractivity (Wildman–Crippen MR) is 62.3 cm³/mol. The van der Waals surface area contributed by atoms with Crippen molar-refractivity contribution in [3.05, 3.63) is 30.2 Å². The minimum absolute atomic E-state index is 0.154. The highest BCUT2D eigenvalue weighted by atomic mass is 19.4. The average molecular weight is 302 g/mol. The molecule has 2 N–H and O–H groups in total. The molecule has 2 rings (SSSR count). The van der Waals surface area contributed by atoms with Gasteiger partial charge in [0.15, 0.2) is 11.8 Å². The van der Waals surface area contributed by atoms with Crippen LogP contribution in [0, 0.1) is 0 Å². The van der Waals surface area contributed by atoms with Gasteiger partial charge in [-0.3, -0.25) is 4.98 Å². The van der Waals surface area contributed by atoms with E-state index in [2.05, 4.69) is 15.3 Å². The molecule has 0 aliphatic carbocycles. The lowest BCUT2D eigenvalue weighted by Crippen LogP contribution is -2.33. The second-order valence-corrected chi connectivity index (χ2v) is 4.07. The van der Waals surface area contributed by atoms with Gasteiger partial charge in [-0.15, -0.1) is 5.10 Å². The molecule has 0 aromatic carbocycles. The van der Waals surface area contributed by atoms with Gasteiger partial charge in [-0.2, -0.15) is 13.2 Å². The number of nitrogens with zero attached hydrogens (tertiary/aromatic N) is 4. The van der Waals surface area contributed by atoms with Gasteiger partial charge < -0.3 is 10.2 Å². The molecule has 0 spiro atoms. The molecule has 21 heavy (non-hydrogen) atoms. The number of carbonyl (C=O) groups is 1. The zero-order chi connectivity index (χ0) is 15.6. The first-order valence-corrected chi connectivity index (χ1v) is 5.62. The third-order valence-electron chi connectivity index (χ3n) is 2.60. The maximum Gasteiger partial charge on any atom is 0.416 e. The molecule has 0 radical (unpaired) electrons. The number of carboxylic acids is 1. The van der Waals surface area contributed by atoms with Crippen LogP contribution in [0.4, 0.5) is 13.2 Å². The van der Waals surface area contributed by atoms with Crippen LogP contribution in [0.5, 0.6) is 0 Å². The molecule has 2 aromatic rings. The average Bonchev–Trinajstić information content (AvgIpc) is 2.82. The molecule has 0 aliphatic rings. The van der Waals surface area contributed by atoms with Crippen molar-refractivity contribution in [2.45, 2.75) is 18.8 Å². The van der Waals surface area contributed by atoms with E-state index in [1.807, 2.05) is 0 Å². The van der Waals surface area contributed by atoms with Gasteiger partial charge in [0.1, 0.15) is 5.69 Å². The van der Waals surface area contributed by atoms with E-state index in [0.717, 1.165) is 0 Å². The Labute approximate surface area is 115 Å². The topological polar surface area (TPSA) is 101 Å². The molecule has 1 atom stereocenters. The van der Waals surface area contributed by atoms with Crippen molar-refractivity contribution in [3.63, 3.8) is 0 Å². The zero-order valence-corrected chi connectivity index (χ0v) is 10.3. The molecule has 0 bridgehead atoms. The molecule has 0 saturated heterocycles. The third-order valence-corrected chi connectivity index (χ3v) is 2.60. The van der Waals surface area contributed by atoms with E-state index in [1.165, 1.54) is 24.5 Å². The summed E-state index contributed by atoms with van der Waals surface area (Å²) >= 11 is 0. The Morgan fingerprint density at radius 3 is 2.67 bits per heavy atom. The van der Waals surface area contributed by atoms with Crippen LogP contribution in [-0.4, -0.2) is 48.4 Å². The minimum atomic E-state index is -4.85. The number of hydrogen-bond acceptors (Lipinski definition) is 5. The summed E-state index contributed by atoms with van der Waals surface area (Å²) in [5, 5.41) is 24.8. The lowest BCUT2D eigenvalue weighted by atomic mass is 10.1. The standard InChI is InChI=1S/C11H9F3N4O3/c12-11(13,14)7(19)5-18-9(6-2-1-3-15-4-6)8(10(20)21)16-17-18/h1-4,7,19H,5H2,(H,20,21). The number of alkyl halides is 3. The Morgan fingerprint density at radius 2 is 2.14 bits per heavy atom. The van der Waals surface area contributed by atoms with Crippen LogP contribution in [0.2, 0.25) is 0 Å². The molecule has 112 valence electrons. The molecule has 2 aromatic heterocycles. The van der Waals surface area contributed by atoms with Gasteiger partial charge in [0.2, 0.25) is 0 Å². The number of aliphatic hydroxyl groups excluding tert-OH is 1. The van der Waals surface area contributed by atoms with Crippen LogP contribution < -0.4 is 0 Å². The number of aromatic carboxylic acids is 1. The smallest absolute Gasteiger partial charge is 0.416 e. The third kappa shape index (κ3) is 3.16. The fraction of sp³-hybridized carbons (Fsp3) is 0.273. The molecule has 0 fully saturated rings. The van der Waals surface area contributed by atoms with E-state index in [-0.39, 0.29) is 11.3 Å². The van der Waals surface area contributed by atoms with Crippen molar-refractivity contribution in [1.29, 1.82) is 0 Å². The van der Waals surface area contributed by atoms with Crippen LogP contribution in [0.3, 0.4) is 0 Å². The summed E-state index contributed by atoms with van der Waals surface area (Å²) in [4.78, 5) is 14.8. The Kier molecular flexibility index (Phi) is 3.89. The molecule has 1 unspecified atom stereocenters. The van der Waals surface area contributed by atoms with Gasteiger partial charge >= 0.3 is 12.1 Å². The Balaban J connectivity index is 2.46. The Hall–Kier alpha value is -2.49. The van der Waals surface area contributed by atoms with Crippen molar-refractivity contribution in [2.24, 2.45) is 0 Å². The van der Waals surface area contributed by atoms with E-state index < -0.39 is 30.5 Å². The molecule has 0 saturated carbocycles. The maximum atomic E-state index is 12.4. The molecule has 10 heteroatoms. The molecular weight excluding hydrogens is 293 g/mol. The largest absolute Gasteiger partial charge is 0.476 e. The summed E-state index contributed by atoms with van der Waals surface area (Å²) in [6, 6.07) is 2.94. The molecule has 0 aliphatic heterocycles. The number of aromatic nitrogens is 4. The normalized spacial score (nSPS) is 13.1. The van der Waals surface area contributed by atoms with Crippen LogP contribution in [-0.2, 0) is 6.54 Å². The molecular formula is C11H9F3N4O3. The highest BCUT2D eigenvalue weighted by Crippen LogP contribution is 2.25. The van der Waals surface area contributed by atoms with Crippen LogP contribution >= 0.6 is 0 Å². The van der Waals surface area contributed by atoms with E-state index >= 15 is 0 Å². The monoisotopic (exact) mass is 302 g/mol. The lowest BCUT2D eigenvalue weighted by Gasteiger charge is -2.15. The Bertz CT molecular complexity index is 642. The molecule has 0 amide bonds. The van der Waals surface area contributed by atoms with Crippen molar-refractivity contribution >= 4 is 5.97 Å². The number of carboxylic acid groups (broad SMARTS) is 1. The molecule has 2 heterocycles. The van der Waals surface area contributed by atoms with E-state index in [1.54, 1.807) is 0 Å². The first-order chi connectivity index (χ1) is 9.80. The van der Waals surface area contributed by atoms with Crippen molar-refractivity contribution in [3.8, 4) is 11.3 Å². The van der Waals surface area contributed by atoms with Crippen LogP contribution in [0.1, 0.15) is 10.5 Å². The SMILES string of the molecule is O=C(O)c1nnn(CC(O)C(F)(F)F)c1-c1cccnc1. The van der Waals surface area contributed by atoms with Crippen molar-refractivity contribution < 1.29 is 28.2 Å². The van der Waals surface area contributed by atoms with Gasteiger partial charge in [-0.25, -0.2) is 9.48 Å². The fourth-order valence-electron chi connectivity index (χ4n) is 1.64. The first-order valence-electron chi connectivity index (χ1n) is 5.62. The van der Waals surface area contributed by atoms with Gasteiger partial charge in [-0.05, 0) is 12.1 Å². The van der Waals surface area contributed by atoms with Crippen molar-refractivity contribution in [2.75, 3.05) is 0 Å². The fourth-order valence-corrected chi connectivity index (χ4v) is 1.64.